The highest BCUT2D eigenvalue weighted by Gasteiger charge is 2.07. The lowest BCUT2D eigenvalue weighted by Gasteiger charge is -2.30. The molecule has 1 heterocycles. The molecule has 1 aliphatic heterocycles. The van der Waals surface area contributed by atoms with Gasteiger partial charge >= 0.3 is 0 Å². The predicted molar refractivity (Wildman–Crippen MR) is 49.8 cm³/mol. The number of rotatable bonds is 1. The van der Waals surface area contributed by atoms with Crippen molar-refractivity contribution < 1.29 is 0 Å². The van der Waals surface area contributed by atoms with Crippen molar-refractivity contribution in [1.29, 1.82) is 0 Å². The van der Waals surface area contributed by atoms with Gasteiger partial charge in [0.15, 0.2) is 0 Å². The third kappa shape index (κ3) is 1.57. The molecule has 1 aromatic rings. The van der Waals surface area contributed by atoms with Crippen LogP contribution in [0, 0.1) is 0 Å². The van der Waals surface area contributed by atoms with Gasteiger partial charge in [-0.3, -0.25) is 10.6 Å². The van der Waals surface area contributed by atoms with Gasteiger partial charge in [-0.2, -0.15) is 0 Å². The molecule has 2 rings (SSSR count). The summed E-state index contributed by atoms with van der Waals surface area (Å²) in [7, 11) is 0. The Morgan fingerprint density at radius 2 is 1.67 bits per heavy atom. The molecule has 1 saturated heterocycles. The van der Waals surface area contributed by atoms with Gasteiger partial charge in [-0.15, -0.1) is 0 Å². The molecule has 0 saturated carbocycles. The zero-order chi connectivity index (χ0) is 8.23. The van der Waals surface area contributed by atoms with Crippen molar-refractivity contribution in [2.45, 2.75) is 0 Å². The van der Waals surface area contributed by atoms with Gasteiger partial charge in [-0.05, 0) is 12.1 Å². The molecule has 1 aromatic carbocycles. The van der Waals surface area contributed by atoms with E-state index in [0.29, 0.717) is 0 Å². The zero-order valence-electron chi connectivity index (χ0n) is 6.96. The van der Waals surface area contributed by atoms with Crippen molar-refractivity contribution >= 4 is 5.69 Å². The first-order valence-corrected chi connectivity index (χ1v) is 4.18. The van der Waals surface area contributed by atoms with Crippen LogP contribution in [0.15, 0.2) is 30.3 Å². The van der Waals surface area contributed by atoms with Gasteiger partial charge in [0.25, 0.3) is 0 Å². The molecule has 0 atom stereocenters. The van der Waals surface area contributed by atoms with E-state index in [1.165, 1.54) is 5.69 Å². The summed E-state index contributed by atoms with van der Waals surface area (Å²) in [6, 6.07) is 10.4. The molecule has 1 aliphatic rings. The van der Waals surface area contributed by atoms with Crippen LogP contribution in [0.1, 0.15) is 0 Å². The average molecular weight is 163 g/mol. The molecule has 12 heavy (non-hydrogen) atoms. The summed E-state index contributed by atoms with van der Waals surface area (Å²) >= 11 is 0. The van der Waals surface area contributed by atoms with E-state index in [1.807, 2.05) is 6.07 Å². The summed E-state index contributed by atoms with van der Waals surface area (Å²) in [5.41, 5.74) is 1.26. The van der Waals surface area contributed by atoms with E-state index in [4.69, 9.17) is 0 Å². The van der Waals surface area contributed by atoms with Crippen LogP contribution in [0.4, 0.5) is 5.69 Å². The number of anilines is 1. The van der Waals surface area contributed by atoms with E-state index in [2.05, 4.69) is 39.8 Å². The number of benzene rings is 1. The molecule has 3 heteroatoms. The summed E-state index contributed by atoms with van der Waals surface area (Å²) in [5.74, 6) is 0. The van der Waals surface area contributed by atoms with Crippen LogP contribution >= 0.6 is 0 Å². The Hall–Kier alpha value is -1.06. The third-order valence-corrected chi connectivity index (χ3v) is 1.98. The molecule has 64 valence electrons. The number of nitrogens with one attached hydrogen (secondary N) is 2. The van der Waals surface area contributed by atoms with Crippen molar-refractivity contribution in [3.8, 4) is 0 Å². The maximum atomic E-state index is 3.25. The zero-order valence-corrected chi connectivity index (χ0v) is 6.96. The predicted octanol–water partition coefficient (Wildman–Crippen LogP) is 0.558. The molecule has 0 radical (unpaired) electrons. The van der Waals surface area contributed by atoms with Crippen LogP contribution in [0.5, 0.6) is 0 Å². The van der Waals surface area contributed by atoms with Gasteiger partial charge in [0.2, 0.25) is 0 Å². The maximum absolute atomic E-state index is 3.25. The Labute approximate surface area is 72.4 Å². The lowest BCUT2D eigenvalue weighted by atomic mass is 10.3. The first kappa shape index (κ1) is 7.58. The Kier molecular flexibility index (Phi) is 2.25. The molecule has 0 unspecified atom stereocenters. The number of hydrogen-bond donors (Lipinski definition) is 2. The smallest absolute Gasteiger partial charge is 0.0704 e. The van der Waals surface area contributed by atoms with Crippen LogP contribution in [-0.4, -0.2) is 20.0 Å². The highest BCUT2D eigenvalue weighted by molar-refractivity contribution is 5.45. The van der Waals surface area contributed by atoms with Crippen LogP contribution < -0.4 is 15.5 Å². The van der Waals surface area contributed by atoms with Crippen molar-refractivity contribution in [2.75, 3.05) is 24.9 Å². The summed E-state index contributed by atoms with van der Waals surface area (Å²) in [4.78, 5) is 2.25. The fourth-order valence-electron chi connectivity index (χ4n) is 1.35. The number of hydrogen-bond acceptors (Lipinski definition) is 3. The molecule has 0 bridgehead atoms. The molecule has 3 nitrogen and oxygen atoms in total. The highest BCUT2D eigenvalue weighted by Crippen LogP contribution is 2.11. The topological polar surface area (TPSA) is 27.3 Å². The fraction of sp³-hybridized carbons (Fsp3) is 0.333. The molecule has 1 fully saturated rings. The molecule has 2 N–H and O–H groups in total. The highest BCUT2D eigenvalue weighted by atomic mass is 15.4. The lowest BCUT2D eigenvalue weighted by Crippen LogP contribution is -2.50. The summed E-state index contributed by atoms with van der Waals surface area (Å²) < 4.78 is 0. The lowest BCUT2D eigenvalue weighted by molar-refractivity contribution is 0.494. The Balaban J connectivity index is 2.08. The van der Waals surface area contributed by atoms with Crippen molar-refractivity contribution in [3.05, 3.63) is 30.3 Å². The molecule has 0 aliphatic carbocycles. The molecule has 0 spiro atoms. The van der Waals surface area contributed by atoms with E-state index in [0.717, 1.165) is 20.0 Å². The summed E-state index contributed by atoms with van der Waals surface area (Å²) in [6.07, 6.45) is 0. The van der Waals surface area contributed by atoms with E-state index in [9.17, 15) is 0 Å². The third-order valence-electron chi connectivity index (χ3n) is 1.98. The Morgan fingerprint density at radius 1 is 1.00 bits per heavy atom. The largest absolute Gasteiger partial charge is 0.346 e. The summed E-state index contributed by atoms with van der Waals surface area (Å²) in [6.45, 7) is 2.76. The minimum Gasteiger partial charge on any atom is -0.346 e. The second kappa shape index (κ2) is 3.56. The first-order valence-electron chi connectivity index (χ1n) is 4.18. The van der Waals surface area contributed by atoms with E-state index in [-0.39, 0.29) is 0 Å². The molecule has 0 aromatic heterocycles. The Bertz CT molecular complexity index is 229. The van der Waals surface area contributed by atoms with Gasteiger partial charge in [-0.25, -0.2) is 0 Å². The van der Waals surface area contributed by atoms with Gasteiger partial charge in [0.05, 0.1) is 13.3 Å². The van der Waals surface area contributed by atoms with Crippen LogP contribution in [0.2, 0.25) is 0 Å². The van der Waals surface area contributed by atoms with E-state index < -0.39 is 0 Å². The average Bonchev–Trinajstić information content (AvgIpc) is 2.21. The van der Waals surface area contributed by atoms with Gasteiger partial charge in [0, 0.05) is 12.4 Å². The maximum Gasteiger partial charge on any atom is 0.0704 e. The van der Waals surface area contributed by atoms with Crippen molar-refractivity contribution in [2.24, 2.45) is 0 Å². The minimum atomic E-state index is 0.906. The number of nitrogens with zero attached hydrogens (tertiary/aromatic N) is 1. The fourth-order valence-corrected chi connectivity index (χ4v) is 1.35. The van der Waals surface area contributed by atoms with Crippen LogP contribution in [0.25, 0.3) is 0 Å². The summed E-state index contributed by atoms with van der Waals surface area (Å²) in [5, 5.41) is 6.50. The van der Waals surface area contributed by atoms with Crippen molar-refractivity contribution in [3.63, 3.8) is 0 Å². The van der Waals surface area contributed by atoms with Gasteiger partial charge in [-0.1, -0.05) is 18.2 Å². The molecular formula is C9H13N3. The first-order chi connectivity index (χ1) is 5.97. The van der Waals surface area contributed by atoms with Gasteiger partial charge < -0.3 is 4.90 Å². The Morgan fingerprint density at radius 3 is 2.33 bits per heavy atom. The van der Waals surface area contributed by atoms with E-state index >= 15 is 0 Å². The second-order valence-corrected chi connectivity index (χ2v) is 2.87. The van der Waals surface area contributed by atoms with E-state index in [1.54, 1.807) is 0 Å². The van der Waals surface area contributed by atoms with Crippen molar-refractivity contribution in [1.82, 2.24) is 10.6 Å². The van der Waals surface area contributed by atoms with Crippen LogP contribution in [0.3, 0.4) is 0 Å². The van der Waals surface area contributed by atoms with Crippen LogP contribution in [-0.2, 0) is 0 Å². The normalized spacial score (nSPS) is 17.8. The van der Waals surface area contributed by atoms with Gasteiger partial charge in [0.1, 0.15) is 0 Å². The quantitative estimate of drug-likeness (QED) is 0.633. The molecular weight excluding hydrogens is 150 g/mol. The standard InChI is InChI=1S/C9H13N3/c1-2-4-9(5-3-1)12-7-10-6-11-8-12/h1-5,10-11H,6-8H2. The second-order valence-electron chi connectivity index (χ2n) is 2.87. The minimum absolute atomic E-state index is 0.906. The number of para-hydroxylation sites is 1. The molecule has 0 amide bonds. The SMILES string of the molecule is c1ccc(N2CNCNC2)cc1. The monoisotopic (exact) mass is 163 g/mol.